The third-order valence-electron chi connectivity index (χ3n) is 6.70. The van der Waals surface area contributed by atoms with E-state index in [4.69, 9.17) is 4.74 Å². The van der Waals surface area contributed by atoms with Gasteiger partial charge in [-0.25, -0.2) is 13.5 Å². The van der Waals surface area contributed by atoms with Gasteiger partial charge >= 0.3 is 12.7 Å². The molecular weight excluding hydrogens is 497 g/mol. The van der Waals surface area contributed by atoms with Gasteiger partial charge in [-0.1, -0.05) is 13.0 Å². The second kappa shape index (κ2) is 10.0. The standard InChI is InChI=1S/C23H27F7N4O2/c1-11-17(13-6-7-15(24)18(25)14(13)8-9-33(4)5)19(36-22(11,3)23(28,29)30)20(35)31-16-10-34(21(26)27)32-12(16)2/h6-7,10-11,17,19,21H,8-9H2,1-5H3,(H,31,35)/t11-,17-,19+,22+/m0/s1. The van der Waals surface area contributed by atoms with Gasteiger partial charge in [-0.3, -0.25) is 4.79 Å². The van der Waals surface area contributed by atoms with Crippen molar-refractivity contribution in [3.8, 4) is 0 Å². The number of likely N-dealkylation sites (N-methyl/N-ethyl adjacent to an activating group) is 1. The topological polar surface area (TPSA) is 59.4 Å². The van der Waals surface area contributed by atoms with Crippen LogP contribution in [0.1, 0.15) is 43.1 Å². The van der Waals surface area contributed by atoms with Crippen LogP contribution in [0, 0.1) is 24.5 Å². The molecule has 0 bridgehead atoms. The lowest BCUT2D eigenvalue weighted by Crippen LogP contribution is -2.47. The number of anilines is 1. The molecule has 1 fully saturated rings. The van der Waals surface area contributed by atoms with Crippen molar-refractivity contribution < 1.29 is 40.3 Å². The number of hydrogen-bond acceptors (Lipinski definition) is 4. The molecule has 4 atom stereocenters. The van der Waals surface area contributed by atoms with Crippen molar-refractivity contribution in [2.24, 2.45) is 5.92 Å². The lowest BCUT2D eigenvalue weighted by atomic mass is 9.75. The second-order valence-electron chi connectivity index (χ2n) is 9.32. The van der Waals surface area contributed by atoms with Crippen LogP contribution in [0.2, 0.25) is 0 Å². The summed E-state index contributed by atoms with van der Waals surface area (Å²) in [5, 5.41) is 5.87. The third kappa shape index (κ3) is 5.08. The molecule has 6 nitrogen and oxygen atoms in total. The molecule has 3 rings (SSSR count). The Bertz CT molecular complexity index is 1120. The van der Waals surface area contributed by atoms with E-state index in [0.717, 1.165) is 25.3 Å². The van der Waals surface area contributed by atoms with E-state index in [2.05, 4.69) is 10.4 Å². The van der Waals surface area contributed by atoms with Gasteiger partial charge < -0.3 is 15.0 Å². The van der Waals surface area contributed by atoms with E-state index in [0.29, 0.717) is 0 Å². The number of benzene rings is 1. The number of ether oxygens (including phenoxy) is 1. The number of aryl methyl sites for hydroxylation is 1. The highest BCUT2D eigenvalue weighted by Gasteiger charge is 2.65. The number of hydrogen-bond donors (Lipinski definition) is 1. The molecule has 0 saturated carbocycles. The molecule has 13 heteroatoms. The summed E-state index contributed by atoms with van der Waals surface area (Å²) in [4.78, 5) is 14.9. The number of rotatable bonds is 7. The van der Waals surface area contributed by atoms with E-state index >= 15 is 0 Å². The van der Waals surface area contributed by atoms with Crippen LogP contribution >= 0.6 is 0 Å². The van der Waals surface area contributed by atoms with Gasteiger partial charge in [0.05, 0.1) is 17.6 Å². The number of carbonyl (C=O) groups is 1. The number of halogens is 7. The maximum atomic E-state index is 14.9. The summed E-state index contributed by atoms with van der Waals surface area (Å²) in [7, 11) is 3.38. The van der Waals surface area contributed by atoms with Gasteiger partial charge in [0.15, 0.2) is 17.2 Å². The van der Waals surface area contributed by atoms with Crippen LogP contribution in [-0.4, -0.2) is 59.1 Å². The molecule has 200 valence electrons. The van der Waals surface area contributed by atoms with Crippen molar-refractivity contribution >= 4 is 11.6 Å². The molecule has 2 aromatic rings. The van der Waals surface area contributed by atoms with Crippen molar-refractivity contribution in [2.45, 2.75) is 57.5 Å². The zero-order valence-electron chi connectivity index (χ0n) is 20.3. The Kier molecular flexibility index (Phi) is 7.75. The smallest absolute Gasteiger partial charge is 0.352 e. The van der Waals surface area contributed by atoms with E-state index in [-0.39, 0.29) is 40.2 Å². The van der Waals surface area contributed by atoms with Crippen molar-refractivity contribution in [3.63, 3.8) is 0 Å². The first-order chi connectivity index (χ1) is 16.6. The van der Waals surface area contributed by atoms with Crippen LogP contribution in [0.4, 0.5) is 36.4 Å². The Morgan fingerprint density at radius 1 is 1.28 bits per heavy atom. The van der Waals surface area contributed by atoms with Gasteiger partial charge in [0, 0.05) is 18.4 Å². The Hall–Kier alpha value is -2.67. The largest absolute Gasteiger partial charge is 0.417 e. The summed E-state index contributed by atoms with van der Waals surface area (Å²) in [5.41, 5.74) is -3.09. The first-order valence-corrected chi connectivity index (χ1v) is 11.1. The van der Waals surface area contributed by atoms with Gasteiger partial charge in [0.25, 0.3) is 5.91 Å². The van der Waals surface area contributed by atoms with Gasteiger partial charge in [0.1, 0.15) is 6.10 Å². The molecule has 1 aromatic carbocycles. The minimum atomic E-state index is -4.90. The molecule has 1 aromatic heterocycles. The summed E-state index contributed by atoms with van der Waals surface area (Å²) in [6, 6.07) is 1.96. The van der Waals surface area contributed by atoms with E-state index in [1.54, 1.807) is 19.0 Å². The lowest BCUT2D eigenvalue weighted by molar-refractivity contribution is -0.272. The minimum absolute atomic E-state index is 0.00401. The van der Waals surface area contributed by atoms with Gasteiger partial charge in [-0.05, 0) is 51.6 Å². The molecule has 36 heavy (non-hydrogen) atoms. The molecule has 0 aliphatic carbocycles. The highest BCUT2D eigenvalue weighted by Crippen LogP contribution is 2.54. The summed E-state index contributed by atoms with van der Waals surface area (Å²) in [6.07, 6.45) is -5.89. The van der Waals surface area contributed by atoms with Crippen LogP contribution in [0.3, 0.4) is 0 Å². The highest BCUT2D eigenvalue weighted by molar-refractivity contribution is 5.95. The number of amides is 1. The monoisotopic (exact) mass is 524 g/mol. The lowest BCUT2D eigenvalue weighted by Gasteiger charge is -2.32. The number of alkyl halides is 5. The van der Waals surface area contributed by atoms with Gasteiger partial charge in [-0.2, -0.15) is 27.1 Å². The molecular formula is C23H27F7N4O2. The summed E-state index contributed by atoms with van der Waals surface area (Å²) >= 11 is 0. The average Bonchev–Trinajstić information content (AvgIpc) is 3.27. The van der Waals surface area contributed by atoms with E-state index in [9.17, 15) is 35.5 Å². The molecule has 1 saturated heterocycles. The highest BCUT2D eigenvalue weighted by atomic mass is 19.4. The molecule has 1 aliphatic heterocycles. The fourth-order valence-corrected chi connectivity index (χ4v) is 4.44. The molecule has 1 aliphatic rings. The summed E-state index contributed by atoms with van der Waals surface area (Å²) in [5.74, 6) is -6.15. The number of nitrogens with zero attached hydrogens (tertiary/aromatic N) is 3. The van der Waals surface area contributed by atoms with Crippen LogP contribution in [0.5, 0.6) is 0 Å². The first-order valence-electron chi connectivity index (χ1n) is 11.1. The van der Waals surface area contributed by atoms with E-state index in [1.807, 2.05) is 0 Å². The quantitative estimate of drug-likeness (QED) is 0.516. The Balaban J connectivity index is 2.09. The fourth-order valence-electron chi connectivity index (χ4n) is 4.44. The van der Waals surface area contributed by atoms with Crippen LogP contribution < -0.4 is 5.32 Å². The maximum absolute atomic E-state index is 14.9. The summed E-state index contributed by atoms with van der Waals surface area (Å²) < 4.78 is 103. The molecule has 0 radical (unpaired) electrons. The Labute approximate surface area is 203 Å². The van der Waals surface area contributed by atoms with Crippen LogP contribution in [-0.2, 0) is 16.0 Å². The van der Waals surface area contributed by atoms with Crippen molar-refractivity contribution in [2.75, 3.05) is 26.0 Å². The summed E-state index contributed by atoms with van der Waals surface area (Å²) in [6.45, 7) is 0.604. The van der Waals surface area contributed by atoms with Crippen molar-refractivity contribution in [3.05, 3.63) is 46.8 Å². The van der Waals surface area contributed by atoms with Gasteiger partial charge in [0.2, 0.25) is 0 Å². The van der Waals surface area contributed by atoms with Crippen LogP contribution in [0.25, 0.3) is 0 Å². The fraction of sp³-hybridized carbons (Fsp3) is 0.565. The van der Waals surface area contributed by atoms with Crippen LogP contribution in [0.15, 0.2) is 18.3 Å². The van der Waals surface area contributed by atoms with E-state index < -0.39 is 53.8 Å². The number of carbonyl (C=O) groups excluding carboxylic acids is 1. The average molecular weight is 524 g/mol. The normalized spacial score (nSPS) is 24.7. The SMILES string of the molecule is Cc1nn(C(F)F)cc1NC(=O)[C@@H]1O[C@@](C)(C(F)(F)F)[C@@H](C)[C@H]1c1ccc(F)c(F)c1CCN(C)C. The molecule has 1 N–H and O–H groups in total. The second-order valence-corrected chi connectivity index (χ2v) is 9.32. The van der Waals surface area contributed by atoms with Crippen molar-refractivity contribution in [1.82, 2.24) is 14.7 Å². The molecule has 1 amide bonds. The van der Waals surface area contributed by atoms with Gasteiger partial charge in [-0.15, -0.1) is 0 Å². The molecule has 0 spiro atoms. The molecule has 2 heterocycles. The Morgan fingerprint density at radius 3 is 2.44 bits per heavy atom. The maximum Gasteiger partial charge on any atom is 0.417 e. The molecule has 0 unspecified atom stereocenters. The zero-order chi connectivity index (χ0) is 27.2. The van der Waals surface area contributed by atoms with E-state index in [1.165, 1.54) is 13.8 Å². The predicted molar refractivity (Wildman–Crippen MR) is 117 cm³/mol. The number of nitrogens with one attached hydrogen (secondary N) is 1. The first kappa shape index (κ1) is 27.9. The minimum Gasteiger partial charge on any atom is -0.352 e. The Morgan fingerprint density at radius 2 is 1.92 bits per heavy atom. The third-order valence-corrected chi connectivity index (χ3v) is 6.70. The number of aromatic nitrogens is 2. The zero-order valence-corrected chi connectivity index (χ0v) is 20.3. The predicted octanol–water partition coefficient (Wildman–Crippen LogP) is 5.05. The van der Waals surface area contributed by atoms with Crippen molar-refractivity contribution in [1.29, 1.82) is 0 Å².